The molecule has 0 aromatic carbocycles. The molecule has 2 aliphatic rings. The van der Waals surface area contributed by atoms with Crippen molar-refractivity contribution in [2.75, 3.05) is 42.7 Å². The maximum Gasteiger partial charge on any atom is 0.230 e. The summed E-state index contributed by atoms with van der Waals surface area (Å²) < 4.78 is 29.4. The van der Waals surface area contributed by atoms with E-state index in [9.17, 15) is 8.42 Å². The predicted octanol–water partition coefficient (Wildman–Crippen LogP) is 0.868. The van der Waals surface area contributed by atoms with Crippen LogP contribution in [0.2, 0.25) is 0 Å². The molecule has 0 atom stereocenters. The summed E-state index contributed by atoms with van der Waals surface area (Å²) in [5.41, 5.74) is 2.24. The molecular weight excluding hydrogens is 442 g/mol. The fourth-order valence-corrected chi connectivity index (χ4v) is 5.50. The number of rotatable bonds is 9. The zero-order valence-corrected chi connectivity index (χ0v) is 19.4. The summed E-state index contributed by atoms with van der Waals surface area (Å²) in [4.78, 5) is 15.6. The Bertz CT molecular complexity index is 1200. The number of hydrogen-bond donors (Lipinski definition) is 3. The second-order valence-corrected chi connectivity index (χ2v) is 10.5. The van der Waals surface area contributed by atoms with Crippen LogP contribution < -0.4 is 20.3 Å². The molecule has 3 aromatic rings. The fourth-order valence-electron chi connectivity index (χ4n) is 4.27. The monoisotopic (exact) mass is 471 g/mol. The number of likely N-dealkylation sites (N-methyl/N-ethyl adjacent to an activating group) is 1. The topological polar surface area (TPSA) is 129 Å². The van der Waals surface area contributed by atoms with Crippen molar-refractivity contribution >= 4 is 27.6 Å². The summed E-state index contributed by atoms with van der Waals surface area (Å²) in [5.74, 6) is 1.03. The van der Waals surface area contributed by atoms with Crippen LogP contribution in [-0.2, 0) is 10.0 Å². The van der Waals surface area contributed by atoms with E-state index in [4.69, 9.17) is 4.98 Å². The highest BCUT2D eigenvalue weighted by molar-refractivity contribution is 7.89. The highest BCUT2D eigenvalue weighted by atomic mass is 32.2. The van der Waals surface area contributed by atoms with Gasteiger partial charge in [0.15, 0.2) is 5.65 Å². The number of anilines is 2. The molecule has 11 nitrogen and oxygen atoms in total. The lowest BCUT2D eigenvalue weighted by atomic mass is 10.1. The maximum atomic E-state index is 12.5. The first-order valence-corrected chi connectivity index (χ1v) is 13.0. The standard InChI is InChI=1S/C21H29N9O2S/c1-22-17-13-29(14-17)21-25-19-11-18(15-5-4-8-23-12-15)27-30(19)20(26-21)24-9-10-33(31,32)28-16-6-2-3-7-16/h4-5,8,11-12,16-17,22,28H,2-3,6-7,9-10,13-14H2,1H3,(H,24,25,26). The summed E-state index contributed by atoms with van der Waals surface area (Å²) in [7, 11) is -1.43. The molecule has 1 saturated heterocycles. The van der Waals surface area contributed by atoms with Crippen LogP contribution in [0.1, 0.15) is 25.7 Å². The van der Waals surface area contributed by atoms with E-state index in [2.05, 4.69) is 35.3 Å². The van der Waals surface area contributed by atoms with Crippen LogP contribution in [0.4, 0.5) is 11.9 Å². The van der Waals surface area contributed by atoms with Gasteiger partial charge in [-0.1, -0.05) is 12.8 Å². The van der Waals surface area contributed by atoms with E-state index in [-0.39, 0.29) is 18.3 Å². The lowest BCUT2D eigenvalue weighted by Crippen LogP contribution is -2.57. The number of nitrogens with zero attached hydrogens (tertiary/aromatic N) is 6. The first-order chi connectivity index (χ1) is 16.0. The van der Waals surface area contributed by atoms with Gasteiger partial charge in [-0.05, 0) is 32.0 Å². The van der Waals surface area contributed by atoms with Crippen molar-refractivity contribution in [1.29, 1.82) is 0 Å². The minimum Gasteiger partial charge on any atom is -0.353 e. The van der Waals surface area contributed by atoms with Crippen LogP contribution in [-0.4, -0.2) is 77.5 Å². The summed E-state index contributed by atoms with van der Waals surface area (Å²) in [6.07, 6.45) is 7.45. The van der Waals surface area contributed by atoms with Gasteiger partial charge in [0.05, 0.1) is 11.4 Å². The van der Waals surface area contributed by atoms with E-state index < -0.39 is 10.0 Å². The van der Waals surface area contributed by atoms with E-state index in [1.807, 2.05) is 25.2 Å². The quantitative estimate of drug-likeness (QED) is 0.416. The molecule has 12 heteroatoms. The highest BCUT2D eigenvalue weighted by Gasteiger charge is 2.28. The molecule has 0 spiro atoms. The van der Waals surface area contributed by atoms with Crippen LogP contribution in [0.5, 0.6) is 0 Å². The lowest BCUT2D eigenvalue weighted by Gasteiger charge is -2.39. The highest BCUT2D eigenvalue weighted by Crippen LogP contribution is 2.24. The summed E-state index contributed by atoms with van der Waals surface area (Å²) >= 11 is 0. The van der Waals surface area contributed by atoms with Gasteiger partial charge in [0, 0.05) is 55.7 Å². The van der Waals surface area contributed by atoms with Crippen molar-refractivity contribution in [2.24, 2.45) is 0 Å². The number of sulfonamides is 1. The second-order valence-electron chi connectivity index (χ2n) is 8.62. The molecule has 3 aromatic heterocycles. The lowest BCUT2D eigenvalue weighted by molar-refractivity contribution is 0.443. The van der Waals surface area contributed by atoms with Crippen molar-refractivity contribution in [1.82, 2.24) is 34.6 Å². The SMILES string of the molecule is CNC1CN(c2nc(NCCS(=O)(=O)NC3CCCC3)n3nc(-c4cccnc4)cc3n2)C1. The van der Waals surface area contributed by atoms with Crippen molar-refractivity contribution < 1.29 is 8.42 Å². The fraction of sp³-hybridized carbons (Fsp3) is 0.524. The minimum absolute atomic E-state index is 0.0351. The van der Waals surface area contributed by atoms with Gasteiger partial charge in [0.1, 0.15) is 0 Å². The molecule has 0 radical (unpaired) electrons. The van der Waals surface area contributed by atoms with Gasteiger partial charge >= 0.3 is 0 Å². The van der Waals surface area contributed by atoms with Gasteiger partial charge in [-0.15, -0.1) is 0 Å². The first kappa shape index (κ1) is 22.0. The molecule has 5 rings (SSSR count). The van der Waals surface area contributed by atoms with E-state index >= 15 is 0 Å². The van der Waals surface area contributed by atoms with E-state index in [1.54, 1.807) is 16.9 Å². The Balaban J connectivity index is 1.37. The Kier molecular flexibility index (Phi) is 6.13. The Morgan fingerprint density at radius 1 is 1.15 bits per heavy atom. The van der Waals surface area contributed by atoms with Crippen LogP contribution in [0, 0.1) is 0 Å². The molecule has 4 heterocycles. The third-order valence-electron chi connectivity index (χ3n) is 6.20. The molecule has 1 saturated carbocycles. The van der Waals surface area contributed by atoms with Crippen LogP contribution in [0.25, 0.3) is 16.9 Å². The summed E-state index contributed by atoms with van der Waals surface area (Å²) in [6, 6.07) is 6.15. The molecule has 0 unspecified atom stereocenters. The smallest absolute Gasteiger partial charge is 0.230 e. The first-order valence-electron chi connectivity index (χ1n) is 11.3. The molecule has 1 aliphatic heterocycles. The van der Waals surface area contributed by atoms with Gasteiger partial charge in [0.2, 0.25) is 21.9 Å². The zero-order chi connectivity index (χ0) is 22.8. The Morgan fingerprint density at radius 2 is 1.97 bits per heavy atom. The summed E-state index contributed by atoms with van der Waals surface area (Å²) in [6.45, 7) is 1.85. The second kappa shape index (κ2) is 9.20. The number of aromatic nitrogens is 5. The minimum atomic E-state index is -3.37. The third-order valence-corrected chi connectivity index (χ3v) is 7.63. The maximum absolute atomic E-state index is 12.5. The number of pyridine rings is 1. The zero-order valence-electron chi connectivity index (χ0n) is 18.6. The third kappa shape index (κ3) is 4.92. The largest absolute Gasteiger partial charge is 0.353 e. The van der Waals surface area contributed by atoms with Crippen LogP contribution >= 0.6 is 0 Å². The Hall–Kier alpha value is -2.83. The molecular formula is C21H29N9O2S. The van der Waals surface area contributed by atoms with E-state index in [0.717, 1.165) is 50.0 Å². The van der Waals surface area contributed by atoms with E-state index in [1.165, 1.54) is 0 Å². The number of nitrogens with one attached hydrogen (secondary N) is 3. The molecule has 0 amide bonds. The predicted molar refractivity (Wildman–Crippen MR) is 127 cm³/mol. The summed E-state index contributed by atoms with van der Waals surface area (Å²) in [5, 5.41) is 11.1. The Morgan fingerprint density at radius 3 is 2.70 bits per heavy atom. The number of fused-ring (bicyclic) bond motifs is 1. The van der Waals surface area contributed by atoms with E-state index in [0.29, 0.717) is 23.6 Å². The van der Waals surface area contributed by atoms with Crippen molar-refractivity contribution in [3.8, 4) is 11.3 Å². The molecule has 33 heavy (non-hydrogen) atoms. The Labute approximate surface area is 193 Å². The van der Waals surface area contributed by atoms with Gasteiger partial charge in [-0.3, -0.25) is 4.98 Å². The average Bonchev–Trinajstić information content (AvgIpc) is 3.43. The average molecular weight is 472 g/mol. The van der Waals surface area contributed by atoms with Crippen LogP contribution in [0.15, 0.2) is 30.6 Å². The van der Waals surface area contributed by atoms with Crippen LogP contribution in [0.3, 0.4) is 0 Å². The van der Waals surface area contributed by atoms with Crippen molar-refractivity contribution in [2.45, 2.75) is 37.8 Å². The van der Waals surface area contributed by atoms with Gasteiger partial charge in [-0.25, -0.2) is 13.1 Å². The normalized spacial score (nSPS) is 17.5. The van der Waals surface area contributed by atoms with Crippen molar-refractivity contribution in [3.63, 3.8) is 0 Å². The van der Waals surface area contributed by atoms with Crippen molar-refractivity contribution in [3.05, 3.63) is 30.6 Å². The molecule has 1 aliphatic carbocycles. The molecule has 3 N–H and O–H groups in total. The van der Waals surface area contributed by atoms with Gasteiger partial charge in [-0.2, -0.15) is 19.6 Å². The molecule has 176 valence electrons. The van der Waals surface area contributed by atoms with Gasteiger partial charge in [0.25, 0.3) is 0 Å². The molecule has 0 bridgehead atoms. The van der Waals surface area contributed by atoms with Gasteiger partial charge < -0.3 is 15.5 Å². The molecule has 2 fully saturated rings. The number of hydrogen-bond acceptors (Lipinski definition) is 9.